The van der Waals surface area contributed by atoms with Crippen LogP contribution in [0.5, 0.6) is 0 Å². The van der Waals surface area contributed by atoms with Crippen molar-refractivity contribution in [2.24, 2.45) is 5.73 Å². The molecule has 0 aromatic heterocycles. The standard InChI is InChI=1S/C13H25N5O4/c1-6(14)10(19)16-8(3)12(21)18-9(4)13(22)17-7(2)11(20)15-5/h6-9H,14H2,1-5H3,(H,15,20)(H,16,19)(H,17,22)(H,18,21). The summed E-state index contributed by atoms with van der Waals surface area (Å²) in [5.41, 5.74) is 5.38. The number of nitrogens with one attached hydrogen (secondary N) is 4. The van der Waals surface area contributed by atoms with Crippen molar-refractivity contribution in [2.45, 2.75) is 51.9 Å². The molecule has 0 rings (SSSR count). The fourth-order valence-corrected chi connectivity index (χ4v) is 1.43. The van der Waals surface area contributed by atoms with Crippen LogP contribution in [0.3, 0.4) is 0 Å². The Morgan fingerprint density at radius 1 is 0.682 bits per heavy atom. The van der Waals surface area contributed by atoms with E-state index >= 15 is 0 Å². The van der Waals surface area contributed by atoms with Crippen LogP contribution in [0, 0.1) is 0 Å². The molecule has 0 aromatic rings. The van der Waals surface area contributed by atoms with Crippen molar-refractivity contribution >= 4 is 23.6 Å². The fourth-order valence-electron chi connectivity index (χ4n) is 1.43. The minimum Gasteiger partial charge on any atom is -0.357 e. The van der Waals surface area contributed by atoms with E-state index in [-0.39, 0.29) is 5.91 Å². The normalized spacial score (nSPS) is 15.7. The van der Waals surface area contributed by atoms with Crippen molar-refractivity contribution in [2.75, 3.05) is 7.05 Å². The van der Waals surface area contributed by atoms with E-state index in [1.54, 1.807) is 0 Å². The Bertz CT molecular complexity index is 438. The lowest BCUT2D eigenvalue weighted by atomic mass is 10.2. The van der Waals surface area contributed by atoms with E-state index < -0.39 is 41.9 Å². The SMILES string of the molecule is CNC(=O)C(C)NC(=O)C(C)NC(=O)C(C)NC(=O)C(C)N. The average molecular weight is 315 g/mol. The van der Waals surface area contributed by atoms with Gasteiger partial charge < -0.3 is 27.0 Å². The fraction of sp³-hybridized carbons (Fsp3) is 0.692. The van der Waals surface area contributed by atoms with Crippen LogP contribution in [0.4, 0.5) is 0 Å². The first-order chi connectivity index (χ1) is 10.1. The first kappa shape index (κ1) is 19.8. The molecule has 0 aliphatic carbocycles. The Kier molecular flexibility index (Phi) is 8.10. The van der Waals surface area contributed by atoms with Gasteiger partial charge >= 0.3 is 0 Å². The molecular weight excluding hydrogens is 290 g/mol. The lowest BCUT2D eigenvalue weighted by molar-refractivity contribution is -0.133. The van der Waals surface area contributed by atoms with Crippen molar-refractivity contribution in [1.29, 1.82) is 0 Å². The van der Waals surface area contributed by atoms with Gasteiger partial charge in [-0.25, -0.2) is 0 Å². The Morgan fingerprint density at radius 3 is 1.32 bits per heavy atom. The number of carbonyl (C=O) groups excluding carboxylic acids is 4. The maximum atomic E-state index is 11.9. The molecule has 0 aliphatic heterocycles. The minimum absolute atomic E-state index is 0.343. The summed E-state index contributed by atoms with van der Waals surface area (Å²) in [5.74, 6) is -1.84. The molecule has 22 heavy (non-hydrogen) atoms. The second kappa shape index (κ2) is 8.98. The largest absolute Gasteiger partial charge is 0.357 e. The van der Waals surface area contributed by atoms with Crippen LogP contribution in [-0.2, 0) is 19.2 Å². The van der Waals surface area contributed by atoms with Crippen molar-refractivity contribution in [3.05, 3.63) is 0 Å². The summed E-state index contributed by atoms with van der Waals surface area (Å²) in [6.45, 7) is 5.98. The third-order valence-electron chi connectivity index (χ3n) is 2.92. The molecule has 6 N–H and O–H groups in total. The number of nitrogens with two attached hydrogens (primary N) is 1. The van der Waals surface area contributed by atoms with E-state index in [0.29, 0.717) is 0 Å². The van der Waals surface area contributed by atoms with Gasteiger partial charge in [0.05, 0.1) is 6.04 Å². The summed E-state index contributed by atoms with van der Waals surface area (Å²) in [7, 11) is 1.46. The first-order valence-electron chi connectivity index (χ1n) is 6.98. The molecule has 4 unspecified atom stereocenters. The summed E-state index contributed by atoms with van der Waals surface area (Å²) < 4.78 is 0. The average Bonchev–Trinajstić information content (AvgIpc) is 2.45. The third kappa shape index (κ3) is 6.53. The van der Waals surface area contributed by atoms with Gasteiger partial charge in [-0.15, -0.1) is 0 Å². The Morgan fingerprint density at radius 2 is 1.00 bits per heavy atom. The van der Waals surface area contributed by atoms with Gasteiger partial charge in [0, 0.05) is 7.05 Å². The van der Waals surface area contributed by atoms with Gasteiger partial charge in [-0.1, -0.05) is 0 Å². The predicted molar refractivity (Wildman–Crippen MR) is 80.5 cm³/mol. The summed E-state index contributed by atoms with van der Waals surface area (Å²) in [5, 5.41) is 9.73. The monoisotopic (exact) mass is 315 g/mol. The van der Waals surface area contributed by atoms with Gasteiger partial charge in [0.2, 0.25) is 23.6 Å². The highest BCUT2D eigenvalue weighted by atomic mass is 16.2. The van der Waals surface area contributed by atoms with Crippen molar-refractivity contribution < 1.29 is 19.2 Å². The Labute approximate surface area is 129 Å². The number of rotatable bonds is 7. The van der Waals surface area contributed by atoms with Crippen LogP contribution < -0.4 is 27.0 Å². The molecular formula is C13H25N5O4. The quantitative estimate of drug-likeness (QED) is 0.356. The number of hydrogen-bond acceptors (Lipinski definition) is 5. The van der Waals surface area contributed by atoms with E-state index in [2.05, 4.69) is 21.3 Å². The predicted octanol–water partition coefficient (Wildman–Crippen LogP) is -2.41. The Hall–Kier alpha value is -2.16. The minimum atomic E-state index is -0.853. The van der Waals surface area contributed by atoms with Crippen molar-refractivity contribution in [3.63, 3.8) is 0 Å². The molecule has 0 fully saturated rings. The first-order valence-corrected chi connectivity index (χ1v) is 6.98. The van der Waals surface area contributed by atoms with Gasteiger partial charge in [-0.3, -0.25) is 19.2 Å². The highest BCUT2D eigenvalue weighted by molar-refractivity contribution is 5.94. The van der Waals surface area contributed by atoms with Crippen LogP contribution in [0.1, 0.15) is 27.7 Å². The number of carbonyl (C=O) groups is 4. The van der Waals surface area contributed by atoms with Gasteiger partial charge in [0.15, 0.2) is 0 Å². The molecule has 0 heterocycles. The molecule has 126 valence electrons. The maximum Gasteiger partial charge on any atom is 0.242 e. The molecule has 9 heteroatoms. The van der Waals surface area contributed by atoms with Gasteiger partial charge in [-0.05, 0) is 27.7 Å². The highest BCUT2D eigenvalue weighted by Crippen LogP contribution is 1.91. The van der Waals surface area contributed by atoms with E-state index in [0.717, 1.165) is 0 Å². The van der Waals surface area contributed by atoms with Gasteiger partial charge in [0.1, 0.15) is 18.1 Å². The second-order valence-corrected chi connectivity index (χ2v) is 5.09. The molecule has 4 atom stereocenters. The number of hydrogen-bond donors (Lipinski definition) is 5. The topological polar surface area (TPSA) is 142 Å². The molecule has 0 aliphatic rings. The smallest absolute Gasteiger partial charge is 0.242 e. The van der Waals surface area contributed by atoms with Gasteiger partial charge in [0.25, 0.3) is 0 Å². The molecule has 9 nitrogen and oxygen atoms in total. The molecule has 0 saturated carbocycles. The maximum absolute atomic E-state index is 11.9. The summed E-state index contributed by atoms with van der Waals surface area (Å²) in [6.07, 6.45) is 0. The molecule has 0 radical (unpaired) electrons. The van der Waals surface area contributed by atoms with Gasteiger partial charge in [-0.2, -0.15) is 0 Å². The zero-order chi connectivity index (χ0) is 17.4. The molecule has 4 amide bonds. The number of amides is 4. The Balaban J connectivity index is 4.42. The lowest BCUT2D eigenvalue weighted by Gasteiger charge is -2.20. The van der Waals surface area contributed by atoms with Crippen LogP contribution in [-0.4, -0.2) is 54.8 Å². The van der Waals surface area contributed by atoms with Crippen LogP contribution in [0.2, 0.25) is 0 Å². The molecule has 0 bridgehead atoms. The van der Waals surface area contributed by atoms with Crippen LogP contribution in [0.25, 0.3) is 0 Å². The van der Waals surface area contributed by atoms with Crippen LogP contribution in [0.15, 0.2) is 0 Å². The lowest BCUT2D eigenvalue weighted by Crippen LogP contribution is -2.55. The van der Waals surface area contributed by atoms with E-state index in [9.17, 15) is 19.2 Å². The third-order valence-corrected chi connectivity index (χ3v) is 2.92. The summed E-state index contributed by atoms with van der Waals surface area (Å²) in [6, 6.07) is -3.13. The molecule has 0 spiro atoms. The second-order valence-electron chi connectivity index (χ2n) is 5.09. The highest BCUT2D eigenvalue weighted by Gasteiger charge is 2.23. The van der Waals surface area contributed by atoms with Crippen LogP contribution >= 0.6 is 0 Å². The number of likely N-dealkylation sites (N-methyl/N-ethyl adjacent to an activating group) is 1. The zero-order valence-corrected chi connectivity index (χ0v) is 13.5. The molecule has 0 aromatic carbocycles. The summed E-state index contributed by atoms with van der Waals surface area (Å²) in [4.78, 5) is 46.4. The van der Waals surface area contributed by atoms with Crippen molar-refractivity contribution in [1.82, 2.24) is 21.3 Å². The summed E-state index contributed by atoms with van der Waals surface area (Å²) >= 11 is 0. The zero-order valence-electron chi connectivity index (χ0n) is 13.5. The molecule has 0 saturated heterocycles. The van der Waals surface area contributed by atoms with E-state index in [4.69, 9.17) is 5.73 Å². The van der Waals surface area contributed by atoms with Crippen molar-refractivity contribution in [3.8, 4) is 0 Å². The van der Waals surface area contributed by atoms with E-state index in [1.807, 2.05) is 0 Å². The van der Waals surface area contributed by atoms with E-state index in [1.165, 1.54) is 34.7 Å².